The maximum absolute atomic E-state index is 4.77. The molecule has 2 atom stereocenters. The molecule has 2 nitrogen and oxygen atoms in total. The summed E-state index contributed by atoms with van der Waals surface area (Å²) >= 11 is 3.60. The van der Waals surface area contributed by atoms with Crippen molar-refractivity contribution in [2.75, 3.05) is 0 Å². The van der Waals surface area contributed by atoms with Gasteiger partial charge in [-0.15, -0.1) is 22.7 Å². The predicted octanol–water partition coefficient (Wildman–Crippen LogP) is 9.45. The molecule has 0 radical (unpaired) electrons. The zero-order valence-electron chi connectivity index (χ0n) is 20.4. The standard InChI is InChI=1S/C28H40N2S2/c1-5-9-11-21(7-3)13-23-15-27(31-19-23)25-17-30-26(18-29-25)28-16-24(20-32-28)14-22(8-4)12-10-6-2/h15-22H,5-14H2,1-4H3. The Bertz CT molecular complexity index is 834. The topological polar surface area (TPSA) is 25.8 Å². The van der Waals surface area contributed by atoms with Crippen LogP contribution in [-0.4, -0.2) is 9.97 Å². The quantitative estimate of drug-likeness (QED) is 0.235. The highest BCUT2D eigenvalue weighted by molar-refractivity contribution is 7.14. The van der Waals surface area contributed by atoms with Crippen LogP contribution in [0.15, 0.2) is 35.3 Å². The van der Waals surface area contributed by atoms with E-state index in [4.69, 9.17) is 9.97 Å². The largest absolute Gasteiger partial charge is 0.251 e. The highest BCUT2D eigenvalue weighted by atomic mass is 32.1. The highest BCUT2D eigenvalue weighted by Crippen LogP contribution is 2.31. The Kier molecular flexibility index (Phi) is 10.4. The van der Waals surface area contributed by atoms with Crippen molar-refractivity contribution in [3.05, 3.63) is 46.4 Å². The predicted molar refractivity (Wildman–Crippen MR) is 143 cm³/mol. The lowest BCUT2D eigenvalue weighted by Crippen LogP contribution is -2.02. The normalized spacial score (nSPS) is 13.4. The Labute approximate surface area is 203 Å². The van der Waals surface area contributed by atoms with E-state index in [0.29, 0.717) is 0 Å². The first-order chi connectivity index (χ1) is 15.7. The van der Waals surface area contributed by atoms with Gasteiger partial charge in [-0.05, 0) is 58.7 Å². The number of thiophene rings is 2. The van der Waals surface area contributed by atoms with Gasteiger partial charge in [0.1, 0.15) is 0 Å². The number of unbranched alkanes of at least 4 members (excludes halogenated alkanes) is 2. The summed E-state index contributed by atoms with van der Waals surface area (Å²) in [7, 11) is 0. The van der Waals surface area contributed by atoms with Gasteiger partial charge >= 0.3 is 0 Å². The fourth-order valence-corrected chi connectivity index (χ4v) is 6.15. The summed E-state index contributed by atoms with van der Waals surface area (Å²) < 4.78 is 0. The third-order valence-electron chi connectivity index (χ3n) is 6.60. The number of aromatic nitrogens is 2. The smallest absolute Gasteiger partial charge is 0.0985 e. The van der Waals surface area contributed by atoms with E-state index < -0.39 is 0 Å². The molecular formula is C28H40N2S2. The van der Waals surface area contributed by atoms with Crippen molar-refractivity contribution in [2.45, 2.75) is 91.9 Å². The van der Waals surface area contributed by atoms with Gasteiger partial charge in [-0.2, -0.15) is 0 Å². The molecule has 0 saturated carbocycles. The molecule has 174 valence electrons. The minimum atomic E-state index is 0.799. The minimum absolute atomic E-state index is 0.799. The molecule has 0 aliphatic heterocycles. The number of hydrogen-bond acceptors (Lipinski definition) is 4. The minimum Gasteiger partial charge on any atom is -0.251 e. The average molecular weight is 469 g/mol. The molecule has 3 heterocycles. The van der Waals surface area contributed by atoms with Gasteiger partial charge in [-0.3, -0.25) is 9.97 Å². The van der Waals surface area contributed by atoms with Gasteiger partial charge in [-0.1, -0.05) is 79.1 Å². The second-order valence-electron chi connectivity index (χ2n) is 9.17. The van der Waals surface area contributed by atoms with Crippen LogP contribution in [0, 0.1) is 11.8 Å². The Morgan fingerprint density at radius 2 is 1.12 bits per heavy atom. The third kappa shape index (κ3) is 7.25. The van der Waals surface area contributed by atoms with E-state index in [-0.39, 0.29) is 0 Å². The lowest BCUT2D eigenvalue weighted by molar-refractivity contribution is 0.449. The molecule has 4 heteroatoms. The van der Waals surface area contributed by atoms with Gasteiger partial charge in [-0.25, -0.2) is 0 Å². The molecule has 2 unspecified atom stereocenters. The molecule has 0 fully saturated rings. The van der Waals surface area contributed by atoms with Gasteiger partial charge in [0.2, 0.25) is 0 Å². The molecule has 0 aliphatic rings. The van der Waals surface area contributed by atoms with Crippen LogP contribution < -0.4 is 0 Å². The van der Waals surface area contributed by atoms with Gasteiger partial charge < -0.3 is 0 Å². The van der Waals surface area contributed by atoms with Crippen LogP contribution in [0.5, 0.6) is 0 Å². The van der Waals surface area contributed by atoms with Crippen molar-refractivity contribution in [1.82, 2.24) is 9.97 Å². The van der Waals surface area contributed by atoms with Crippen molar-refractivity contribution >= 4 is 22.7 Å². The van der Waals surface area contributed by atoms with Gasteiger partial charge in [0.05, 0.1) is 33.5 Å². The molecule has 0 saturated heterocycles. The average Bonchev–Trinajstić information content (AvgIpc) is 3.49. The summed E-state index contributed by atoms with van der Waals surface area (Å²) in [6, 6.07) is 4.65. The second-order valence-corrected chi connectivity index (χ2v) is 11.0. The van der Waals surface area contributed by atoms with Crippen molar-refractivity contribution in [3.63, 3.8) is 0 Å². The van der Waals surface area contributed by atoms with Crippen LogP contribution in [0.1, 0.15) is 90.2 Å². The molecule has 32 heavy (non-hydrogen) atoms. The zero-order valence-corrected chi connectivity index (χ0v) is 22.0. The third-order valence-corrected chi connectivity index (χ3v) is 8.60. The molecule has 3 rings (SSSR count). The van der Waals surface area contributed by atoms with E-state index in [9.17, 15) is 0 Å². The lowest BCUT2D eigenvalue weighted by Gasteiger charge is -2.12. The van der Waals surface area contributed by atoms with E-state index in [1.54, 1.807) is 22.7 Å². The summed E-state index contributed by atoms with van der Waals surface area (Å²) in [5, 5.41) is 4.63. The summed E-state index contributed by atoms with van der Waals surface area (Å²) in [6.07, 6.45) is 16.7. The van der Waals surface area contributed by atoms with Crippen LogP contribution in [0.4, 0.5) is 0 Å². The fraction of sp³-hybridized carbons (Fsp3) is 0.571. The first kappa shape index (κ1) is 25.1. The monoisotopic (exact) mass is 468 g/mol. The highest BCUT2D eigenvalue weighted by Gasteiger charge is 2.13. The second kappa shape index (κ2) is 13.3. The van der Waals surface area contributed by atoms with E-state index in [0.717, 1.165) is 23.2 Å². The summed E-state index contributed by atoms with van der Waals surface area (Å²) in [6.45, 7) is 9.21. The van der Waals surface area contributed by atoms with Crippen molar-refractivity contribution in [1.29, 1.82) is 0 Å². The van der Waals surface area contributed by atoms with Crippen LogP contribution in [-0.2, 0) is 12.8 Å². The molecule has 0 bridgehead atoms. The Hall–Kier alpha value is -1.52. The summed E-state index contributed by atoms with van der Waals surface area (Å²) in [5.41, 5.74) is 4.90. The number of rotatable bonds is 14. The van der Waals surface area contributed by atoms with Crippen LogP contribution >= 0.6 is 22.7 Å². The number of hydrogen-bond donors (Lipinski definition) is 0. The van der Waals surface area contributed by atoms with Crippen molar-refractivity contribution in [2.24, 2.45) is 11.8 Å². The molecule has 0 aliphatic carbocycles. The molecular weight excluding hydrogens is 428 g/mol. The molecule has 0 amide bonds. The SMILES string of the molecule is CCCCC(CC)Cc1csc(-c2cnc(-c3cc(CC(CC)CCCC)cs3)cn2)c1. The zero-order chi connectivity index (χ0) is 22.8. The van der Waals surface area contributed by atoms with Gasteiger partial charge in [0.15, 0.2) is 0 Å². The summed E-state index contributed by atoms with van der Waals surface area (Å²) in [5.74, 6) is 1.60. The first-order valence-corrected chi connectivity index (χ1v) is 14.4. The van der Waals surface area contributed by atoms with Crippen LogP contribution in [0.25, 0.3) is 21.1 Å². The van der Waals surface area contributed by atoms with Crippen molar-refractivity contribution in [3.8, 4) is 21.1 Å². The van der Waals surface area contributed by atoms with Crippen molar-refractivity contribution < 1.29 is 0 Å². The van der Waals surface area contributed by atoms with Gasteiger partial charge in [0, 0.05) is 0 Å². The Morgan fingerprint density at radius 1 is 0.688 bits per heavy atom. The molecule has 0 aromatic carbocycles. The molecule has 0 spiro atoms. The van der Waals surface area contributed by atoms with E-state index >= 15 is 0 Å². The van der Waals surface area contributed by atoms with Crippen LogP contribution in [0.3, 0.4) is 0 Å². The lowest BCUT2D eigenvalue weighted by atomic mass is 9.93. The van der Waals surface area contributed by atoms with E-state index in [2.05, 4.69) is 50.6 Å². The maximum Gasteiger partial charge on any atom is 0.0985 e. The molecule has 0 N–H and O–H groups in total. The fourth-order valence-electron chi connectivity index (χ4n) is 4.37. The van der Waals surface area contributed by atoms with E-state index in [1.165, 1.54) is 85.1 Å². The van der Waals surface area contributed by atoms with E-state index in [1.807, 2.05) is 12.4 Å². The first-order valence-electron chi connectivity index (χ1n) is 12.6. The maximum atomic E-state index is 4.77. The molecule has 3 aromatic rings. The Balaban J connectivity index is 1.62. The summed E-state index contributed by atoms with van der Waals surface area (Å²) in [4.78, 5) is 12.0. The molecule has 3 aromatic heterocycles. The number of nitrogens with zero attached hydrogens (tertiary/aromatic N) is 2. The Morgan fingerprint density at radius 3 is 1.47 bits per heavy atom. The van der Waals surface area contributed by atoms with Gasteiger partial charge in [0.25, 0.3) is 0 Å². The van der Waals surface area contributed by atoms with Crippen LogP contribution in [0.2, 0.25) is 0 Å².